The SMILES string of the molecule is COC(=O)c1c(CBr)cc(C(F)F)nc1I. The molecule has 0 atom stereocenters. The van der Waals surface area contributed by atoms with Gasteiger partial charge in [-0.2, -0.15) is 0 Å². The molecule has 0 aliphatic carbocycles. The van der Waals surface area contributed by atoms with Crippen molar-refractivity contribution in [1.29, 1.82) is 0 Å². The van der Waals surface area contributed by atoms with Gasteiger partial charge in [-0.1, -0.05) is 15.9 Å². The first-order valence-electron chi connectivity index (χ1n) is 4.13. The van der Waals surface area contributed by atoms with Gasteiger partial charge in [0.1, 0.15) is 9.39 Å². The molecule has 1 heterocycles. The van der Waals surface area contributed by atoms with Gasteiger partial charge in [-0.15, -0.1) is 0 Å². The first-order valence-corrected chi connectivity index (χ1v) is 6.33. The monoisotopic (exact) mass is 405 g/mol. The molecule has 1 aromatic rings. The molecule has 3 nitrogen and oxygen atoms in total. The number of esters is 1. The summed E-state index contributed by atoms with van der Waals surface area (Å²) in [5, 5.41) is 0.287. The molecule has 0 aliphatic heterocycles. The Morgan fingerprint density at radius 1 is 1.69 bits per heavy atom. The minimum absolute atomic E-state index is 0.219. The second-order valence-electron chi connectivity index (χ2n) is 2.80. The van der Waals surface area contributed by atoms with Crippen LogP contribution in [0.3, 0.4) is 0 Å². The molecule has 0 unspecified atom stereocenters. The van der Waals surface area contributed by atoms with E-state index in [0.717, 1.165) is 0 Å². The van der Waals surface area contributed by atoms with Crippen LogP contribution in [0.25, 0.3) is 0 Å². The Hall–Kier alpha value is -0.310. The van der Waals surface area contributed by atoms with Gasteiger partial charge in [-0.3, -0.25) is 0 Å². The van der Waals surface area contributed by atoms with Crippen LogP contribution in [0, 0.1) is 3.70 Å². The molecule has 88 valence electrons. The van der Waals surface area contributed by atoms with Crippen molar-refractivity contribution < 1.29 is 18.3 Å². The highest BCUT2D eigenvalue weighted by Crippen LogP contribution is 2.25. The number of hydrogen-bond donors (Lipinski definition) is 0. The number of carbonyl (C=O) groups excluding carboxylic acids is 1. The van der Waals surface area contributed by atoms with Gasteiger partial charge >= 0.3 is 5.97 Å². The molecule has 0 saturated carbocycles. The number of pyridine rings is 1. The molecule has 0 spiro atoms. The van der Waals surface area contributed by atoms with Crippen molar-refractivity contribution in [2.45, 2.75) is 11.8 Å². The van der Waals surface area contributed by atoms with Crippen LogP contribution in [0.2, 0.25) is 0 Å². The van der Waals surface area contributed by atoms with Crippen LogP contribution in [-0.2, 0) is 10.1 Å². The van der Waals surface area contributed by atoms with Gasteiger partial charge in [-0.25, -0.2) is 18.6 Å². The van der Waals surface area contributed by atoms with Gasteiger partial charge in [0.05, 0.1) is 12.7 Å². The minimum Gasteiger partial charge on any atom is -0.465 e. The first kappa shape index (κ1) is 13.8. The fraction of sp³-hybridized carbons (Fsp3) is 0.333. The summed E-state index contributed by atoms with van der Waals surface area (Å²) in [6.45, 7) is 0. The summed E-state index contributed by atoms with van der Waals surface area (Å²) >= 11 is 4.88. The van der Waals surface area contributed by atoms with Crippen molar-refractivity contribution in [1.82, 2.24) is 4.98 Å². The summed E-state index contributed by atoms with van der Waals surface area (Å²) in [5.41, 5.74) is 0.331. The second-order valence-corrected chi connectivity index (χ2v) is 4.38. The molecule has 0 fully saturated rings. The molecule has 0 N–H and O–H groups in total. The summed E-state index contributed by atoms with van der Waals surface area (Å²) in [4.78, 5) is 15.1. The van der Waals surface area contributed by atoms with Gasteiger partial charge in [0.25, 0.3) is 6.43 Å². The van der Waals surface area contributed by atoms with Crippen LogP contribution in [-0.4, -0.2) is 18.1 Å². The zero-order valence-electron chi connectivity index (χ0n) is 8.14. The van der Waals surface area contributed by atoms with Crippen molar-refractivity contribution in [3.63, 3.8) is 0 Å². The lowest BCUT2D eigenvalue weighted by Gasteiger charge is -2.09. The number of halogens is 4. The van der Waals surface area contributed by atoms with Crippen molar-refractivity contribution >= 4 is 44.5 Å². The lowest BCUT2D eigenvalue weighted by atomic mass is 10.1. The number of aromatic nitrogens is 1. The number of hydrogen-bond acceptors (Lipinski definition) is 3. The van der Waals surface area contributed by atoms with Crippen LogP contribution in [0.15, 0.2) is 6.07 Å². The predicted octanol–water partition coefficient (Wildman–Crippen LogP) is 3.31. The van der Waals surface area contributed by atoms with E-state index in [0.29, 0.717) is 5.56 Å². The average Bonchev–Trinajstić information content (AvgIpc) is 2.26. The van der Waals surface area contributed by atoms with Gasteiger partial charge in [0.15, 0.2) is 0 Å². The number of nitrogens with zero attached hydrogens (tertiary/aromatic N) is 1. The summed E-state index contributed by atoms with van der Waals surface area (Å²) < 4.78 is 29.7. The topological polar surface area (TPSA) is 39.2 Å². The van der Waals surface area contributed by atoms with Crippen LogP contribution in [0.1, 0.15) is 28.0 Å². The van der Waals surface area contributed by atoms with E-state index in [1.807, 2.05) is 0 Å². The lowest BCUT2D eigenvalue weighted by molar-refractivity contribution is 0.0597. The predicted molar refractivity (Wildman–Crippen MR) is 65.9 cm³/mol. The third kappa shape index (κ3) is 2.88. The number of ether oxygens (including phenoxy) is 1. The van der Waals surface area contributed by atoms with E-state index >= 15 is 0 Å². The minimum atomic E-state index is -2.65. The van der Waals surface area contributed by atoms with Crippen molar-refractivity contribution in [2.24, 2.45) is 0 Å². The summed E-state index contributed by atoms with van der Waals surface area (Å²) in [6.07, 6.45) is -2.65. The molecule has 0 saturated heterocycles. The lowest BCUT2D eigenvalue weighted by Crippen LogP contribution is -2.11. The zero-order chi connectivity index (χ0) is 12.3. The number of methoxy groups -OCH3 is 1. The quantitative estimate of drug-likeness (QED) is 0.335. The Bertz CT molecular complexity index is 415. The summed E-state index contributed by atoms with van der Waals surface area (Å²) in [5.74, 6) is -0.577. The summed E-state index contributed by atoms with van der Waals surface area (Å²) in [7, 11) is 1.23. The second kappa shape index (κ2) is 5.85. The molecular formula is C9H7BrF2INO2. The Balaban J connectivity index is 3.34. The first-order chi connectivity index (χ1) is 7.51. The van der Waals surface area contributed by atoms with E-state index in [-0.39, 0.29) is 20.3 Å². The van der Waals surface area contributed by atoms with Crippen LogP contribution >= 0.6 is 38.5 Å². The zero-order valence-corrected chi connectivity index (χ0v) is 11.9. The van der Waals surface area contributed by atoms with E-state index in [9.17, 15) is 13.6 Å². The number of rotatable bonds is 3. The molecule has 0 bridgehead atoms. The largest absolute Gasteiger partial charge is 0.465 e. The van der Waals surface area contributed by atoms with E-state index in [1.54, 1.807) is 22.6 Å². The van der Waals surface area contributed by atoms with Crippen LogP contribution in [0.5, 0.6) is 0 Å². The maximum absolute atomic E-state index is 12.5. The molecule has 0 aliphatic rings. The highest BCUT2D eigenvalue weighted by Gasteiger charge is 2.20. The molecule has 0 amide bonds. The fourth-order valence-corrected chi connectivity index (χ4v) is 2.41. The van der Waals surface area contributed by atoms with Gasteiger partial charge in [0.2, 0.25) is 0 Å². The molecule has 16 heavy (non-hydrogen) atoms. The maximum atomic E-state index is 12.5. The standard InChI is InChI=1S/C9H7BrF2INO2/c1-16-9(15)6-4(3-10)2-5(7(11)12)14-8(6)13/h2,7H,3H2,1H3. The average molecular weight is 406 g/mol. The van der Waals surface area contributed by atoms with Crippen LogP contribution in [0.4, 0.5) is 8.78 Å². The Kier molecular flexibility index (Phi) is 5.03. The number of carbonyl (C=O) groups is 1. The van der Waals surface area contributed by atoms with E-state index in [4.69, 9.17) is 0 Å². The Labute approximate surface area is 113 Å². The molecule has 7 heteroatoms. The third-order valence-electron chi connectivity index (χ3n) is 1.83. The van der Waals surface area contributed by atoms with Gasteiger partial charge < -0.3 is 4.74 Å². The van der Waals surface area contributed by atoms with Gasteiger partial charge in [-0.05, 0) is 34.2 Å². The van der Waals surface area contributed by atoms with Crippen LogP contribution < -0.4 is 0 Å². The maximum Gasteiger partial charge on any atom is 0.340 e. The normalized spacial score (nSPS) is 10.6. The van der Waals surface area contributed by atoms with Crippen molar-refractivity contribution in [3.05, 3.63) is 26.6 Å². The smallest absolute Gasteiger partial charge is 0.340 e. The van der Waals surface area contributed by atoms with E-state index in [1.165, 1.54) is 13.2 Å². The molecule has 0 aromatic carbocycles. The van der Waals surface area contributed by atoms with E-state index < -0.39 is 12.4 Å². The molecule has 1 rings (SSSR count). The van der Waals surface area contributed by atoms with E-state index in [2.05, 4.69) is 25.7 Å². The Morgan fingerprint density at radius 2 is 2.31 bits per heavy atom. The van der Waals surface area contributed by atoms with Crippen molar-refractivity contribution in [3.8, 4) is 0 Å². The molecular weight excluding hydrogens is 399 g/mol. The molecule has 0 radical (unpaired) electrons. The van der Waals surface area contributed by atoms with Gasteiger partial charge in [0, 0.05) is 5.33 Å². The number of alkyl halides is 3. The summed E-state index contributed by atoms with van der Waals surface area (Å²) in [6, 6.07) is 1.20. The highest BCUT2D eigenvalue weighted by molar-refractivity contribution is 14.1. The Morgan fingerprint density at radius 3 is 2.75 bits per heavy atom. The highest BCUT2D eigenvalue weighted by atomic mass is 127. The van der Waals surface area contributed by atoms with Crippen molar-refractivity contribution in [2.75, 3.05) is 7.11 Å². The molecule has 1 aromatic heterocycles. The fourth-order valence-electron chi connectivity index (χ4n) is 1.12. The third-order valence-corrected chi connectivity index (χ3v) is 3.22.